The Morgan fingerprint density at radius 3 is 2.05 bits per heavy atom. The number of benzene rings is 3. The van der Waals surface area contributed by atoms with E-state index in [0.29, 0.717) is 12.2 Å². The summed E-state index contributed by atoms with van der Waals surface area (Å²) in [6.07, 6.45) is 0.690. The van der Waals surface area contributed by atoms with Gasteiger partial charge in [-0.15, -0.1) is 0 Å². The molecule has 2 atom stereocenters. The van der Waals surface area contributed by atoms with E-state index in [0.717, 1.165) is 34.5 Å². The number of esters is 1. The minimum atomic E-state index is -2.35. The molecule has 0 heterocycles. The number of carbonyl (C=O) groups excluding carboxylic acids is 1. The SMILES string of the molecule is COc1ccc(N[C@H](CCc2ccccc2)[C@@H](O[Si](C)(C)C(C)(C)C)C(=O)Oc2c(C)cc(C)cc2C)cc1. The highest BCUT2D eigenvalue weighted by atomic mass is 28.4. The van der Waals surface area contributed by atoms with Gasteiger partial charge in [-0.2, -0.15) is 0 Å². The van der Waals surface area contributed by atoms with Gasteiger partial charge in [0.15, 0.2) is 14.4 Å². The van der Waals surface area contributed by atoms with Crippen molar-refractivity contribution < 1.29 is 18.7 Å². The molecule has 3 aromatic rings. The zero-order valence-corrected chi connectivity index (χ0v) is 26.1. The van der Waals surface area contributed by atoms with Gasteiger partial charge in [-0.1, -0.05) is 68.8 Å². The van der Waals surface area contributed by atoms with Crippen molar-refractivity contribution in [3.63, 3.8) is 0 Å². The molecule has 6 heteroatoms. The second-order valence-corrected chi connectivity index (χ2v) is 16.7. The molecule has 5 nitrogen and oxygen atoms in total. The molecular formula is C33H45NO4Si. The Morgan fingerprint density at radius 1 is 0.923 bits per heavy atom. The van der Waals surface area contributed by atoms with Gasteiger partial charge in [-0.25, -0.2) is 4.79 Å². The number of carbonyl (C=O) groups is 1. The Kier molecular flexibility index (Phi) is 10.0. The molecule has 0 fully saturated rings. The summed E-state index contributed by atoms with van der Waals surface area (Å²) in [5.41, 5.74) is 5.13. The fourth-order valence-corrected chi connectivity index (χ4v) is 5.69. The fraction of sp³-hybridized carbons (Fsp3) is 0.424. The van der Waals surface area contributed by atoms with Crippen LogP contribution in [0.5, 0.6) is 11.5 Å². The van der Waals surface area contributed by atoms with Crippen molar-refractivity contribution in [2.75, 3.05) is 12.4 Å². The highest BCUT2D eigenvalue weighted by molar-refractivity contribution is 6.74. The minimum absolute atomic E-state index is 0.0781. The van der Waals surface area contributed by atoms with Crippen molar-refractivity contribution in [2.45, 2.75) is 84.7 Å². The number of rotatable bonds is 11. The molecule has 0 aromatic heterocycles. The molecule has 0 aliphatic carbocycles. The van der Waals surface area contributed by atoms with E-state index in [9.17, 15) is 4.79 Å². The molecule has 39 heavy (non-hydrogen) atoms. The molecule has 0 spiro atoms. The van der Waals surface area contributed by atoms with Crippen LogP contribution in [-0.4, -0.2) is 33.5 Å². The Hall–Kier alpha value is -3.09. The van der Waals surface area contributed by atoms with Crippen LogP contribution < -0.4 is 14.8 Å². The predicted molar refractivity (Wildman–Crippen MR) is 164 cm³/mol. The maximum absolute atomic E-state index is 14.1. The number of hydrogen-bond acceptors (Lipinski definition) is 5. The second kappa shape index (κ2) is 12.8. The summed E-state index contributed by atoms with van der Waals surface area (Å²) in [6.45, 7) is 16.9. The predicted octanol–water partition coefficient (Wildman–Crippen LogP) is 8.03. The normalized spacial score (nSPS) is 13.5. The maximum atomic E-state index is 14.1. The topological polar surface area (TPSA) is 56.8 Å². The van der Waals surface area contributed by atoms with E-state index in [4.69, 9.17) is 13.9 Å². The average molecular weight is 548 g/mol. The molecule has 0 saturated heterocycles. The van der Waals surface area contributed by atoms with Crippen LogP contribution in [0.3, 0.4) is 0 Å². The van der Waals surface area contributed by atoms with Crippen molar-refractivity contribution in [3.05, 3.63) is 89.0 Å². The van der Waals surface area contributed by atoms with Gasteiger partial charge in [0, 0.05) is 5.69 Å². The van der Waals surface area contributed by atoms with Gasteiger partial charge < -0.3 is 19.2 Å². The van der Waals surface area contributed by atoms with Crippen molar-refractivity contribution in [1.29, 1.82) is 0 Å². The lowest BCUT2D eigenvalue weighted by atomic mass is 10.0. The van der Waals surface area contributed by atoms with Crippen LogP contribution in [0.4, 0.5) is 5.69 Å². The first-order chi connectivity index (χ1) is 18.3. The summed E-state index contributed by atoms with van der Waals surface area (Å²) in [5.74, 6) is 1.02. The van der Waals surface area contributed by atoms with Crippen molar-refractivity contribution >= 4 is 20.0 Å². The van der Waals surface area contributed by atoms with Crippen LogP contribution in [0, 0.1) is 20.8 Å². The van der Waals surface area contributed by atoms with E-state index in [2.05, 4.69) is 51.3 Å². The largest absolute Gasteiger partial charge is 0.497 e. The summed E-state index contributed by atoms with van der Waals surface area (Å²) in [4.78, 5) is 14.1. The molecule has 0 radical (unpaired) electrons. The lowest BCUT2D eigenvalue weighted by Crippen LogP contribution is -2.53. The molecule has 210 valence electrons. The number of anilines is 1. The van der Waals surface area contributed by atoms with Crippen molar-refractivity contribution in [3.8, 4) is 11.5 Å². The van der Waals surface area contributed by atoms with Crippen LogP contribution in [-0.2, 0) is 15.6 Å². The highest BCUT2D eigenvalue weighted by Gasteiger charge is 2.44. The molecule has 0 amide bonds. The van der Waals surface area contributed by atoms with Crippen LogP contribution in [0.15, 0.2) is 66.7 Å². The Balaban J connectivity index is 2.01. The van der Waals surface area contributed by atoms with Crippen LogP contribution in [0.25, 0.3) is 0 Å². The maximum Gasteiger partial charge on any atom is 0.341 e. The Bertz CT molecular complexity index is 1210. The molecule has 3 aromatic carbocycles. The van der Waals surface area contributed by atoms with E-state index in [-0.39, 0.29) is 17.0 Å². The summed E-state index contributed by atoms with van der Waals surface area (Å²) < 4.78 is 18.4. The summed E-state index contributed by atoms with van der Waals surface area (Å²) in [5, 5.41) is 3.54. The van der Waals surface area contributed by atoms with Gasteiger partial charge in [0.1, 0.15) is 11.5 Å². The number of ether oxygens (including phenoxy) is 2. The van der Waals surface area contributed by atoms with Crippen LogP contribution >= 0.6 is 0 Å². The monoisotopic (exact) mass is 547 g/mol. The van der Waals surface area contributed by atoms with Gasteiger partial charge in [0.2, 0.25) is 0 Å². The lowest BCUT2D eigenvalue weighted by Gasteiger charge is -2.41. The van der Waals surface area contributed by atoms with E-state index < -0.39 is 14.4 Å². The lowest BCUT2D eigenvalue weighted by molar-refractivity contribution is -0.143. The quantitative estimate of drug-likeness (QED) is 0.150. The highest BCUT2D eigenvalue weighted by Crippen LogP contribution is 2.38. The standard InChI is InChI=1S/C33H45NO4Si/c1-23-21-24(2)30(25(3)22-23)37-32(35)31(38-39(8,9)33(4,5)6)29(20-15-26-13-11-10-12-14-26)34-27-16-18-28(36-7)19-17-27/h10-14,16-19,21-22,29,31,34H,15,20H2,1-9H3/t29-,31-/m1/s1. The first-order valence-corrected chi connectivity index (χ1v) is 16.6. The number of nitrogens with one attached hydrogen (secondary N) is 1. The number of aryl methyl sites for hydroxylation is 4. The number of hydrogen-bond donors (Lipinski definition) is 1. The minimum Gasteiger partial charge on any atom is -0.497 e. The average Bonchev–Trinajstić information content (AvgIpc) is 2.87. The molecule has 0 aliphatic heterocycles. The molecule has 0 unspecified atom stereocenters. The number of methoxy groups -OCH3 is 1. The van der Waals surface area contributed by atoms with Gasteiger partial charge in [0.25, 0.3) is 0 Å². The van der Waals surface area contributed by atoms with Crippen LogP contribution in [0.2, 0.25) is 18.1 Å². The van der Waals surface area contributed by atoms with Crippen molar-refractivity contribution in [2.24, 2.45) is 0 Å². The second-order valence-electron chi connectivity index (χ2n) is 12.0. The summed E-state index contributed by atoms with van der Waals surface area (Å²) in [7, 11) is -0.696. The molecule has 0 aliphatic rings. The zero-order chi connectivity index (χ0) is 28.8. The Labute approximate surface area is 236 Å². The molecule has 1 N–H and O–H groups in total. The van der Waals surface area contributed by atoms with Crippen LogP contribution in [0.1, 0.15) is 49.4 Å². The van der Waals surface area contributed by atoms with E-state index in [1.807, 2.05) is 75.4 Å². The third kappa shape index (κ3) is 8.20. The molecule has 3 rings (SSSR count). The van der Waals surface area contributed by atoms with Gasteiger partial charge in [0.05, 0.1) is 13.2 Å². The third-order valence-corrected chi connectivity index (χ3v) is 12.1. The fourth-order valence-electron chi connectivity index (χ4n) is 4.44. The zero-order valence-electron chi connectivity index (χ0n) is 25.1. The molecule has 0 saturated carbocycles. The Morgan fingerprint density at radius 2 is 1.51 bits per heavy atom. The first-order valence-electron chi connectivity index (χ1n) is 13.7. The summed E-state index contributed by atoms with van der Waals surface area (Å²) >= 11 is 0. The van der Waals surface area contributed by atoms with E-state index in [1.165, 1.54) is 5.56 Å². The first kappa shape index (κ1) is 30.4. The van der Waals surface area contributed by atoms with Crippen molar-refractivity contribution in [1.82, 2.24) is 0 Å². The molecule has 0 bridgehead atoms. The van der Waals surface area contributed by atoms with Gasteiger partial charge in [-0.3, -0.25) is 0 Å². The molecular weight excluding hydrogens is 502 g/mol. The third-order valence-electron chi connectivity index (χ3n) is 7.66. The summed E-state index contributed by atoms with van der Waals surface area (Å²) in [6, 6.07) is 21.9. The smallest absolute Gasteiger partial charge is 0.341 e. The van der Waals surface area contributed by atoms with Gasteiger partial charge >= 0.3 is 5.97 Å². The van der Waals surface area contributed by atoms with E-state index >= 15 is 0 Å². The van der Waals surface area contributed by atoms with Gasteiger partial charge in [-0.05, 0) is 92.7 Å². The van der Waals surface area contributed by atoms with E-state index in [1.54, 1.807) is 7.11 Å².